The van der Waals surface area contributed by atoms with Gasteiger partial charge in [0.05, 0.1) is 13.0 Å². The number of carbonyl (C=O) groups excluding carboxylic acids is 2. The maximum absolute atomic E-state index is 12.5. The third-order valence-corrected chi connectivity index (χ3v) is 6.40. The van der Waals surface area contributed by atoms with Crippen molar-refractivity contribution in [2.24, 2.45) is 11.8 Å². The van der Waals surface area contributed by atoms with Crippen LogP contribution >= 0.6 is 11.8 Å². The Kier molecular flexibility index (Phi) is 6.29. The van der Waals surface area contributed by atoms with Crippen molar-refractivity contribution in [1.29, 1.82) is 0 Å². The van der Waals surface area contributed by atoms with Crippen LogP contribution in [-0.4, -0.2) is 40.2 Å². The van der Waals surface area contributed by atoms with E-state index in [1.54, 1.807) is 24.2 Å². The molecule has 1 amide bonds. The van der Waals surface area contributed by atoms with E-state index in [0.717, 1.165) is 43.7 Å². The molecule has 2 aliphatic carbocycles. The monoisotopic (exact) mass is 363 g/mol. The van der Waals surface area contributed by atoms with Crippen LogP contribution in [0.15, 0.2) is 23.6 Å². The molecule has 1 aromatic heterocycles. The van der Waals surface area contributed by atoms with E-state index in [-0.39, 0.29) is 29.8 Å². The Hall–Kier alpha value is -1.63. The molecule has 7 heteroatoms. The Morgan fingerprint density at radius 1 is 1.08 bits per heavy atom. The molecule has 2 atom stereocenters. The van der Waals surface area contributed by atoms with Crippen LogP contribution in [0.5, 0.6) is 0 Å². The van der Waals surface area contributed by atoms with E-state index >= 15 is 0 Å². The van der Waals surface area contributed by atoms with Gasteiger partial charge in [0.2, 0.25) is 5.91 Å². The van der Waals surface area contributed by atoms with Gasteiger partial charge in [-0.05, 0) is 51.0 Å². The van der Waals surface area contributed by atoms with Crippen molar-refractivity contribution in [3.8, 4) is 0 Å². The van der Waals surface area contributed by atoms with Gasteiger partial charge in [-0.1, -0.05) is 11.8 Å². The molecule has 0 radical (unpaired) electrons. The summed E-state index contributed by atoms with van der Waals surface area (Å²) in [6, 6.07) is 2.07. The van der Waals surface area contributed by atoms with Crippen LogP contribution < -0.4 is 5.32 Å². The SMILES string of the molecule is COC(=O)[C@@H]1CC[C@H](C(=O)NC2CCC(Sc3ncccn3)CC2)C1. The van der Waals surface area contributed by atoms with Crippen LogP contribution in [0.1, 0.15) is 44.9 Å². The number of thioether (sulfide) groups is 1. The summed E-state index contributed by atoms with van der Waals surface area (Å²) in [6.45, 7) is 0. The Morgan fingerprint density at radius 3 is 2.44 bits per heavy atom. The van der Waals surface area contributed by atoms with Crippen molar-refractivity contribution in [1.82, 2.24) is 15.3 Å². The van der Waals surface area contributed by atoms with E-state index in [0.29, 0.717) is 11.7 Å². The Morgan fingerprint density at radius 2 is 1.76 bits per heavy atom. The zero-order valence-corrected chi connectivity index (χ0v) is 15.3. The van der Waals surface area contributed by atoms with E-state index < -0.39 is 0 Å². The Bertz CT molecular complexity index is 590. The molecule has 1 heterocycles. The van der Waals surface area contributed by atoms with Crippen LogP contribution in [0.25, 0.3) is 0 Å². The second-order valence-corrected chi connectivity index (χ2v) is 8.13. The number of rotatable bonds is 5. The Labute approximate surface area is 152 Å². The fraction of sp³-hybridized carbons (Fsp3) is 0.667. The largest absolute Gasteiger partial charge is 0.469 e. The molecule has 25 heavy (non-hydrogen) atoms. The summed E-state index contributed by atoms with van der Waals surface area (Å²) in [5, 5.41) is 4.54. The number of esters is 1. The van der Waals surface area contributed by atoms with Crippen molar-refractivity contribution >= 4 is 23.6 Å². The summed E-state index contributed by atoms with van der Waals surface area (Å²) in [6.07, 6.45) is 9.79. The van der Waals surface area contributed by atoms with Gasteiger partial charge in [-0.2, -0.15) is 0 Å². The van der Waals surface area contributed by atoms with Gasteiger partial charge in [0.25, 0.3) is 0 Å². The molecular formula is C18H25N3O3S. The van der Waals surface area contributed by atoms with Crippen molar-refractivity contribution in [3.05, 3.63) is 18.5 Å². The van der Waals surface area contributed by atoms with Crippen LogP contribution in [0.3, 0.4) is 0 Å². The van der Waals surface area contributed by atoms with Gasteiger partial charge < -0.3 is 10.1 Å². The second-order valence-electron chi connectivity index (χ2n) is 6.86. The number of carbonyl (C=O) groups is 2. The lowest BCUT2D eigenvalue weighted by atomic mass is 9.94. The molecule has 2 saturated carbocycles. The number of amides is 1. The molecule has 1 N–H and O–H groups in total. The molecule has 2 aliphatic rings. The topological polar surface area (TPSA) is 81.2 Å². The highest BCUT2D eigenvalue weighted by molar-refractivity contribution is 7.99. The van der Waals surface area contributed by atoms with E-state index in [2.05, 4.69) is 15.3 Å². The van der Waals surface area contributed by atoms with E-state index in [9.17, 15) is 9.59 Å². The van der Waals surface area contributed by atoms with Crippen molar-refractivity contribution in [3.63, 3.8) is 0 Å². The van der Waals surface area contributed by atoms with Crippen molar-refractivity contribution < 1.29 is 14.3 Å². The van der Waals surface area contributed by atoms with E-state index in [4.69, 9.17) is 4.74 Å². The predicted molar refractivity (Wildman–Crippen MR) is 94.9 cm³/mol. The third kappa shape index (κ3) is 4.93. The number of aromatic nitrogens is 2. The molecule has 0 bridgehead atoms. The fourth-order valence-corrected chi connectivity index (χ4v) is 4.79. The standard InChI is InChI=1S/C18H25N3O3S/c1-24-17(23)13-4-3-12(11-13)16(22)21-14-5-7-15(8-6-14)25-18-19-9-2-10-20-18/h2,9-10,12-15H,3-8,11H2,1H3,(H,21,22)/t12-,13+,14?,15?/m0/s1. The molecule has 136 valence electrons. The normalized spacial score (nSPS) is 29.2. The first-order valence-corrected chi connectivity index (χ1v) is 9.85. The van der Waals surface area contributed by atoms with Crippen LogP contribution in [0, 0.1) is 11.8 Å². The average molecular weight is 363 g/mol. The lowest BCUT2D eigenvalue weighted by Gasteiger charge is -2.29. The van der Waals surface area contributed by atoms with Gasteiger partial charge in [-0.15, -0.1) is 0 Å². The lowest BCUT2D eigenvalue weighted by Crippen LogP contribution is -2.41. The molecule has 0 aliphatic heterocycles. The summed E-state index contributed by atoms with van der Waals surface area (Å²) in [5.41, 5.74) is 0. The molecule has 1 aromatic rings. The van der Waals surface area contributed by atoms with Crippen LogP contribution in [-0.2, 0) is 14.3 Å². The maximum atomic E-state index is 12.5. The van der Waals surface area contributed by atoms with Gasteiger partial charge in [-0.25, -0.2) is 9.97 Å². The average Bonchev–Trinajstić information content (AvgIpc) is 3.14. The number of hydrogen-bond donors (Lipinski definition) is 1. The smallest absolute Gasteiger partial charge is 0.308 e. The van der Waals surface area contributed by atoms with Gasteiger partial charge in [0.15, 0.2) is 5.16 Å². The summed E-state index contributed by atoms with van der Waals surface area (Å²) >= 11 is 1.73. The first-order chi connectivity index (χ1) is 12.2. The third-order valence-electron chi connectivity index (χ3n) is 5.17. The van der Waals surface area contributed by atoms with Gasteiger partial charge in [0.1, 0.15) is 0 Å². The van der Waals surface area contributed by atoms with Crippen LogP contribution in [0.2, 0.25) is 0 Å². The molecule has 6 nitrogen and oxygen atoms in total. The molecule has 0 spiro atoms. The summed E-state index contributed by atoms with van der Waals surface area (Å²) in [4.78, 5) is 32.6. The highest BCUT2D eigenvalue weighted by Gasteiger charge is 2.35. The number of hydrogen-bond acceptors (Lipinski definition) is 6. The number of nitrogens with one attached hydrogen (secondary N) is 1. The minimum atomic E-state index is -0.184. The summed E-state index contributed by atoms with van der Waals surface area (Å²) < 4.78 is 4.79. The highest BCUT2D eigenvalue weighted by Crippen LogP contribution is 2.34. The van der Waals surface area contributed by atoms with E-state index in [1.807, 2.05) is 6.07 Å². The van der Waals surface area contributed by atoms with Crippen molar-refractivity contribution in [2.45, 2.75) is 61.4 Å². The number of nitrogens with zero attached hydrogens (tertiary/aromatic N) is 2. The zero-order chi connectivity index (χ0) is 17.6. The first-order valence-electron chi connectivity index (χ1n) is 8.97. The Balaban J connectivity index is 1.40. The minimum Gasteiger partial charge on any atom is -0.469 e. The maximum Gasteiger partial charge on any atom is 0.308 e. The fourth-order valence-electron chi connectivity index (χ4n) is 3.74. The molecule has 0 saturated heterocycles. The van der Waals surface area contributed by atoms with Crippen molar-refractivity contribution in [2.75, 3.05) is 7.11 Å². The molecular weight excluding hydrogens is 338 g/mol. The molecule has 0 aromatic carbocycles. The quantitative estimate of drug-likeness (QED) is 0.640. The van der Waals surface area contributed by atoms with Gasteiger partial charge in [0, 0.05) is 29.6 Å². The second kappa shape index (κ2) is 8.65. The summed E-state index contributed by atoms with van der Waals surface area (Å²) in [5.74, 6) is -0.238. The van der Waals surface area contributed by atoms with Gasteiger partial charge >= 0.3 is 5.97 Å². The van der Waals surface area contributed by atoms with E-state index in [1.165, 1.54) is 7.11 Å². The number of methoxy groups -OCH3 is 1. The predicted octanol–water partition coefficient (Wildman–Crippen LogP) is 2.59. The van der Waals surface area contributed by atoms with Gasteiger partial charge in [-0.3, -0.25) is 9.59 Å². The zero-order valence-electron chi connectivity index (χ0n) is 14.5. The highest BCUT2D eigenvalue weighted by atomic mass is 32.2. The molecule has 2 fully saturated rings. The molecule has 0 unspecified atom stereocenters. The molecule has 3 rings (SSSR count). The summed E-state index contributed by atoms with van der Waals surface area (Å²) in [7, 11) is 1.41. The first kappa shape index (κ1) is 18.2. The minimum absolute atomic E-state index is 0.0473. The lowest BCUT2D eigenvalue weighted by molar-refractivity contribution is -0.145. The van der Waals surface area contributed by atoms with Crippen LogP contribution in [0.4, 0.5) is 0 Å². The number of ether oxygens (including phenoxy) is 1.